The van der Waals surface area contributed by atoms with Crippen LogP contribution in [0.3, 0.4) is 0 Å². The van der Waals surface area contributed by atoms with Gasteiger partial charge in [-0.3, -0.25) is 0 Å². The molecule has 0 saturated carbocycles. The molecule has 2 atom stereocenters. The van der Waals surface area contributed by atoms with Gasteiger partial charge in [0.2, 0.25) is 0 Å². The van der Waals surface area contributed by atoms with Gasteiger partial charge < -0.3 is 0 Å². The summed E-state index contributed by atoms with van der Waals surface area (Å²) < 4.78 is 2.53. The van der Waals surface area contributed by atoms with E-state index in [9.17, 15) is 0 Å². The normalized spacial score (nSPS) is 24.1. The molecule has 1 rings (SSSR count). The summed E-state index contributed by atoms with van der Waals surface area (Å²) in [7, 11) is 4.38. The standard InChI is InChI=1S/C9H13.C4H10N.Ti/c1-6-5-7(2)9(4)8(6)3;1-4-5(2)3;/h6H,1-4H3;4H,1-3H3;. The van der Waals surface area contributed by atoms with Crippen molar-refractivity contribution >= 4 is 0 Å². The van der Waals surface area contributed by atoms with E-state index in [1.807, 2.05) is 0 Å². The Morgan fingerprint density at radius 3 is 2.00 bits per heavy atom. The van der Waals surface area contributed by atoms with Gasteiger partial charge in [-0.15, -0.1) is 0 Å². The molecule has 1 aliphatic rings. The van der Waals surface area contributed by atoms with Gasteiger partial charge >= 0.3 is 104 Å². The monoisotopic (exact) mass is 241 g/mol. The fourth-order valence-electron chi connectivity index (χ4n) is 1.95. The number of allylic oxidation sites excluding steroid dienone is 4. The molecule has 0 aromatic rings. The first-order chi connectivity index (χ1) is 6.86. The molecule has 0 bridgehead atoms. The summed E-state index contributed by atoms with van der Waals surface area (Å²) in [5, 5.41) is 0. The molecule has 0 saturated heterocycles. The van der Waals surface area contributed by atoms with Crippen molar-refractivity contribution in [1.82, 2.24) is 4.90 Å². The Bertz CT molecular complexity index is 312. The molecule has 1 aliphatic carbocycles. The Labute approximate surface area is 104 Å². The Morgan fingerprint density at radius 1 is 1.13 bits per heavy atom. The van der Waals surface area contributed by atoms with Crippen LogP contribution in [-0.2, 0) is 19.2 Å². The fraction of sp³-hybridized carbons (Fsp3) is 0.692. The van der Waals surface area contributed by atoms with Crippen molar-refractivity contribution < 1.29 is 19.2 Å². The van der Waals surface area contributed by atoms with Crippen LogP contribution in [0.2, 0.25) is 0 Å². The molecule has 15 heavy (non-hydrogen) atoms. The molecule has 0 fully saturated rings. The van der Waals surface area contributed by atoms with E-state index in [0.717, 1.165) is 4.35 Å². The summed E-state index contributed by atoms with van der Waals surface area (Å²) in [6.45, 7) is 11.6. The first-order valence-corrected chi connectivity index (χ1v) is 7.36. The molecule has 0 radical (unpaired) electrons. The summed E-state index contributed by atoms with van der Waals surface area (Å²) >= 11 is 0.00333. The Kier molecular flexibility index (Phi) is 4.40. The van der Waals surface area contributed by atoms with E-state index in [2.05, 4.69) is 53.6 Å². The Balaban J connectivity index is 2.82. The molecular weight excluding hydrogens is 218 g/mol. The van der Waals surface area contributed by atoms with Gasteiger partial charge in [-0.05, 0) is 0 Å². The maximum atomic E-state index is 2.37. The van der Waals surface area contributed by atoms with Crippen LogP contribution in [0, 0.1) is 5.92 Å². The van der Waals surface area contributed by atoms with Crippen molar-refractivity contribution in [3.05, 3.63) is 20.6 Å². The zero-order chi connectivity index (χ0) is 11.7. The van der Waals surface area contributed by atoms with Crippen LogP contribution in [0.15, 0.2) is 20.6 Å². The molecule has 0 amide bonds. The zero-order valence-corrected chi connectivity index (χ0v) is 12.7. The molecule has 0 heterocycles. The predicted octanol–water partition coefficient (Wildman–Crippen LogP) is 3.24. The van der Waals surface area contributed by atoms with Crippen molar-refractivity contribution in [2.24, 2.45) is 5.92 Å². The van der Waals surface area contributed by atoms with Crippen LogP contribution in [0.25, 0.3) is 0 Å². The second kappa shape index (κ2) is 4.99. The van der Waals surface area contributed by atoms with E-state index in [-0.39, 0.29) is 19.2 Å². The molecule has 2 heteroatoms. The molecule has 0 aliphatic heterocycles. The van der Waals surface area contributed by atoms with Crippen LogP contribution in [0.1, 0.15) is 34.6 Å². The fourth-order valence-corrected chi connectivity index (χ4v) is 4.42. The predicted molar refractivity (Wildman–Crippen MR) is 63.4 cm³/mol. The quantitative estimate of drug-likeness (QED) is 0.685. The molecule has 0 spiro atoms. The molecule has 0 N–H and O–H groups in total. The van der Waals surface area contributed by atoms with Crippen molar-refractivity contribution in [3.8, 4) is 0 Å². The zero-order valence-electron chi connectivity index (χ0n) is 11.1. The number of rotatable bonds is 3. The molecule has 0 aromatic carbocycles. The average molecular weight is 241 g/mol. The second-order valence-corrected chi connectivity index (χ2v) is 7.45. The average Bonchev–Trinajstić information content (AvgIpc) is 2.35. The van der Waals surface area contributed by atoms with Gasteiger partial charge in [-0.1, -0.05) is 0 Å². The van der Waals surface area contributed by atoms with E-state index in [1.54, 1.807) is 20.6 Å². The molecular formula is C13H23NTi. The number of hydrogen-bond acceptors (Lipinski definition) is 1. The van der Waals surface area contributed by atoms with Gasteiger partial charge in [0.25, 0.3) is 0 Å². The van der Waals surface area contributed by atoms with Crippen LogP contribution in [-0.4, -0.2) is 23.3 Å². The van der Waals surface area contributed by atoms with E-state index in [4.69, 9.17) is 0 Å². The van der Waals surface area contributed by atoms with E-state index in [0.29, 0.717) is 5.92 Å². The Hall–Kier alpha value is 0.154. The third-order valence-corrected chi connectivity index (χ3v) is 6.99. The number of hydrogen-bond donors (Lipinski definition) is 0. The van der Waals surface area contributed by atoms with Gasteiger partial charge in [-0.2, -0.15) is 0 Å². The molecule has 2 unspecified atom stereocenters. The van der Waals surface area contributed by atoms with Gasteiger partial charge in [0.1, 0.15) is 0 Å². The first-order valence-electron chi connectivity index (χ1n) is 5.67. The molecule has 84 valence electrons. The summed E-state index contributed by atoms with van der Waals surface area (Å²) in [6.07, 6.45) is 0. The second-order valence-electron chi connectivity index (χ2n) is 4.85. The molecule has 1 nitrogen and oxygen atoms in total. The van der Waals surface area contributed by atoms with E-state index < -0.39 is 0 Å². The SMILES string of the molecule is CC1=C(C)C(C)[C]([Ti][CH](C)N(C)C)=C1C. The van der Waals surface area contributed by atoms with Gasteiger partial charge in [0.15, 0.2) is 0 Å². The summed E-state index contributed by atoms with van der Waals surface area (Å²) in [6, 6.07) is 0. The molecule has 0 aromatic heterocycles. The summed E-state index contributed by atoms with van der Waals surface area (Å²) in [4.78, 5) is 2.36. The minimum atomic E-state index is 0.00333. The van der Waals surface area contributed by atoms with Crippen molar-refractivity contribution in [1.29, 1.82) is 0 Å². The van der Waals surface area contributed by atoms with Crippen LogP contribution >= 0.6 is 0 Å². The van der Waals surface area contributed by atoms with Gasteiger partial charge in [0, 0.05) is 0 Å². The Morgan fingerprint density at radius 2 is 1.67 bits per heavy atom. The third kappa shape index (κ3) is 2.64. The van der Waals surface area contributed by atoms with Crippen molar-refractivity contribution in [3.63, 3.8) is 0 Å². The van der Waals surface area contributed by atoms with Crippen LogP contribution < -0.4 is 0 Å². The van der Waals surface area contributed by atoms with Crippen molar-refractivity contribution in [2.45, 2.75) is 39.0 Å². The minimum absolute atomic E-state index is 0.00333. The summed E-state index contributed by atoms with van der Waals surface area (Å²) in [5.41, 5.74) is 4.73. The van der Waals surface area contributed by atoms with Gasteiger partial charge in [0.05, 0.1) is 0 Å². The first kappa shape index (κ1) is 13.2. The van der Waals surface area contributed by atoms with E-state index >= 15 is 0 Å². The third-order valence-electron chi connectivity index (χ3n) is 3.78. The van der Waals surface area contributed by atoms with E-state index in [1.165, 1.54) is 0 Å². The summed E-state index contributed by atoms with van der Waals surface area (Å²) in [5.74, 6) is 0.715. The van der Waals surface area contributed by atoms with Crippen LogP contribution in [0.5, 0.6) is 0 Å². The topological polar surface area (TPSA) is 3.24 Å². The van der Waals surface area contributed by atoms with Gasteiger partial charge in [-0.25, -0.2) is 0 Å². The van der Waals surface area contributed by atoms with Crippen molar-refractivity contribution in [2.75, 3.05) is 14.1 Å². The van der Waals surface area contributed by atoms with Crippen LogP contribution in [0.4, 0.5) is 0 Å². The maximum absolute atomic E-state index is 2.37. The number of nitrogens with zero attached hydrogens (tertiary/aromatic N) is 1.